The standard InChI is InChI=1S/C23H24N2O5/c1-14(2)19(23(29)30-3)24-20(26)16-9-10-17-18(13-16)22(28)25(21(17)27)12-11-15-7-5-4-6-8-15/h4-10,13-14,19H,11-12H2,1-3H3,(H,24,26)/t19-/m1/s1. The summed E-state index contributed by atoms with van der Waals surface area (Å²) in [5, 5.41) is 2.64. The molecule has 1 aliphatic heterocycles. The molecule has 0 bridgehead atoms. The van der Waals surface area contributed by atoms with Crippen LogP contribution in [-0.2, 0) is 16.0 Å². The fraction of sp³-hybridized carbons (Fsp3) is 0.304. The second-order valence-corrected chi connectivity index (χ2v) is 7.48. The molecular weight excluding hydrogens is 384 g/mol. The number of imide groups is 1. The highest BCUT2D eigenvalue weighted by molar-refractivity contribution is 6.22. The third-order valence-corrected chi connectivity index (χ3v) is 5.11. The molecule has 0 radical (unpaired) electrons. The number of esters is 1. The van der Waals surface area contributed by atoms with Crippen LogP contribution in [0.2, 0.25) is 0 Å². The van der Waals surface area contributed by atoms with Crippen molar-refractivity contribution < 1.29 is 23.9 Å². The van der Waals surface area contributed by atoms with E-state index in [1.807, 2.05) is 30.3 Å². The molecule has 156 valence electrons. The van der Waals surface area contributed by atoms with Crippen molar-refractivity contribution in [2.45, 2.75) is 26.3 Å². The highest BCUT2D eigenvalue weighted by Gasteiger charge is 2.36. The average Bonchev–Trinajstić information content (AvgIpc) is 2.99. The molecule has 0 aliphatic carbocycles. The number of hydrogen-bond acceptors (Lipinski definition) is 5. The molecule has 0 spiro atoms. The Balaban J connectivity index is 1.76. The van der Waals surface area contributed by atoms with Gasteiger partial charge in [-0.2, -0.15) is 0 Å². The van der Waals surface area contributed by atoms with Gasteiger partial charge in [0.05, 0.1) is 18.2 Å². The Morgan fingerprint density at radius 3 is 2.30 bits per heavy atom. The molecule has 1 N–H and O–H groups in total. The van der Waals surface area contributed by atoms with Crippen molar-refractivity contribution in [2.75, 3.05) is 13.7 Å². The maximum Gasteiger partial charge on any atom is 0.328 e. The molecule has 1 atom stereocenters. The van der Waals surface area contributed by atoms with Crippen LogP contribution < -0.4 is 5.32 Å². The molecule has 2 aromatic rings. The first-order valence-electron chi connectivity index (χ1n) is 9.76. The van der Waals surface area contributed by atoms with E-state index in [9.17, 15) is 19.2 Å². The Labute approximate surface area is 175 Å². The van der Waals surface area contributed by atoms with E-state index in [0.717, 1.165) is 5.56 Å². The van der Waals surface area contributed by atoms with Crippen LogP contribution in [0.25, 0.3) is 0 Å². The number of carbonyl (C=O) groups excluding carboxylic acids is 4. The number of carbonyl (C=O) groups is 4. The molecule has 30 heavy (non-hydrogen) atoms. The Morgan fingerprint density at radius 2 is 1.67 bits per heavy atom. The Hall–Kier alpha value is -3.48. The first-order chi connectivity index (χ1) is 14.3. The van der Waals surface area contributed by atoms with Gasteiger partial charge in [-0.1, -0.05) is 44.2 Å². The number of ether oxygens (including phenoxy) is 1. The van der Waals surface area contributed by atoms with Crippen LogP contribution in [-0.4, -0.2) is 48.3 Å². The molecule has 3 rings (SSSR count). The predicted molar refractivity (Wildman–Crippen MR) is 110 cm³/mol. The first-order valence-corrected chi connectivity index (χ1v) is 9.76. The van der Waals surface area contributed by atoms with Crippen LogP contribution in [0.1, 0.15) is 50.5 Å². The van der Waals surface area contributed by atoms with Gasteiger partial charge in [0, 0.05) is 12.1 Å². The summed E-state index contributed by atoms with van der Waals surface area (Å²) in [6, 6.07) is 13.1. The monoisotopic (exact) mass is 408 g/mol. The zero-order valence-electron chi connectivity index (χ0n) is 17.2. The van der Waals surface area contributed by atoms with E-state index in [2.05, 4.69) is 5.32 Å². The van der Waals surface area contributed by atoms with Crippen molar-refractivity contribution in [1.82, 2.24) is 10.2 Å². The number of benzene rings is 2. The topological polar surface area (TPSA) is 92.8 Å². The molecule has 3 amide bonds. The zero-order valence-corrected chi connectivity index (χ0v) is 17.2. The van der Waals surface area contributed by atoms with Crippen molar-refractivity contribution in [1.29, 1.82) is 0 Å². The van der Waals surface area contributed by atoms with Crippen molar-refractivity contribution in [3.63, 3.8) is 0 Å². The molecule has 7 heteroatoms. The van der Waals surface area contributed by atoms with E-state index in [1.54, 1.807) is 13.8 Å². The van der Waals surface area contributed by atoms with E-state index >= 15 is 0 Å². The molecule has 0 fully saturated rings. The largest absolute Gasteiger partial charge is 0.467 e. The number of nitrogens with zero attached hydrogens (tertiary/aromatic N) is 1. The number of hydrogen-bond donors (Lipinski definition) is 1. The fourth-order valence-corrected chi connectivity index (χ4v) is 3.37. The van der Waals surface area contributed by atoms with Crippen LogP contribution in [0.4, 0.5) is 0 Å². The molecule has 7 nitrogen and oxygen atoms in total. The average molecular weight is 408 g/mol. The van der Waals surface area contributed by atoms with E-state index in [4.69, 9.17) is 4.74 Å². The van der Waals surface area contributed by atoms with Gasteiger partial charge in [0.25, 0.3) is 17.7 Å². The van der Waals surface area contributed by atoms with Crippen molar-refractivity contribution >= 4 is 23.7 Å². The maximum atomic E-state index is 12.8. The lowest BCUT2D eigenvalue weighted by atomic mass is 10.0. The molecule has 0 saturated heterocycles. The lowest BCUT2D eigenvalue weighted by Gasteiger charge is -2.19. The van der Waals surface area contributed by atoms with Crippen LogP contribution in [0, 0.1) is 5.92 Å². The van der Waals surface area contributed by atoms with Gasteiger partial charge in [0.1, 0.15) is 6.04 Å². The van der Waals surface area contributed by atoms with Gasteiger partial charge in [-0.3, -0.25) is 19.3 Å². The van der Waals surface area contributed by atoms with Gasteiger partial charge in [-0.05, 0) is 36.1 Å². The van der Waals surface area contributed by atoms with Gasteiger partial charge < -0.3 is 10.1 Å². The van der Waals surface area contributed by atoms with Crippen LogP contribution >= 0.6 is 0 Å². The van der Waals surface area contributed by atoms with E-state index in [-0.39, 0.29) is 35.1 Å². The maximum absolute atomic E-state index is 12.8. The summed E-state index contributed by atoms with van der Waals surface area (Å²) in [6.45, 7) is 3.84. The quantitative estimate of drug-likeness (QED) is 0.561. The second kappa shape index (κ2) is 8.90. The van der Waals surface area contributed by atoms with Crippen molar-refractivity contribution in [3.05, 3.63) is 70.8 Å². The lowest BCUT2D eigenvalue weighted by molar-refractivity contribution is -0.144. The Morgan fingerprint density at radius 1 is 1.00 bits per heavy atom. The predicted octanol–water partition coefficient (Wildman–Crippen LogP) is 2.45. The summed E-state index contributed by atoms with van der Waals surface area (Å²) in [4.78, 5) is 51.2. The van der Waals surface area contributed by atoms with Gasteiger partial charge in [-0.25, -0.2) is 4.79 Å². The summed E-state index contributed by atoms with van der Waals surface area (Å²) >= 11 is 0. The second-order valence-electron chi connectivity index (χ2n) is 7.48. The number of amides is 3. The molecule has 0 unspecified atom stereocenters. The third-order valence-electron chi connectivity index (χ3n) is 5.11. The molecule has 1 heterocycles. The lowest BCUT2D eigenvalue weighted by Crippen LogP contribution is -2.45. The minimum absolute atomic E-state index is 0.174. The van der Waals surface area contributed by atoms with Crippen LogP contribution in [0.3, 0.4) is 0 Å². The van der Waals surface area contributed by atoms with E-state index in [0.29, 0.717) is 6.42 Å². The molecule has 0 saturated carbocycles. The minimum atomic E-state index is -0.810. The summed E-state index contributed by atoms with van der Waals surface area (Å²) in [7, 11) is 1.26. The summed E-state index contributed by atoms with van der Waals surface area (Å²) in [6.07, 6.45) is 0.550. The third kappa shape index (κ3) is 4.25. The highest BCUT2D eigenvalue weighted by Crippen LogP contribution is 2.24. The van der Waals surface area contributed by atoms with Crippen LogP contribution in [0.5, 0.6) is 0 Å². The summed E-state index contributed by atoms with van der Waals surface area (Å²) in [5.74, 6) is -2.02. The SMILES string of the molecule is COC(=O)[C@H](NC(=O)c1ccc2c(c1)C(=O)N(CCc1ccccc1)C2=O)C(C)C. The molecule has 1 aliphatic rings. The summed E-state index contributed by atoms with van der Waals surface area (Å²) in [5.41, 5.74) is 1.70. The molecular formula is C23H24N2O5. The first kappa shape index (κ1) is 21.2. The van der Waals surface area contributed by atoms with Crippen molar-refractivity contribution in [3.8, 4) is 0 Å². The fourth-order valence-electron chi connectivity index (χ4n) is 3.37. The Bertz CT molecular complexity index is 984. The van der Waals surface area contributed by atoms with Crippen LogP contribution in [0.15, 0.2) is 48.5 Å². The summed E-state index contributed by atoms with van der Waals surface area (Å²) < 4.78 is 4.73. The van der Waals surface area contributed by atoms with Gasteiger partial charge in [0.2, 0.25) is 0 Å². The van der Waals surface area contributed by atoms with E-state index in [1.165, 1.54) is 30.2 Å². The number of methoxy groups -OCH3 is 1. The van der Waals surface area contributed by atoms with Gasteiger partial charge >= 0.3 is 5.97 Å². The highest BCUT2D eigenvalue weighted by atomic mass is 16.5. The van der Waals surface area contributed by atoms with Crippen molar-refractivity contribution in [2.24, 2.45) is 5.92 Å². The normalized spacial score (nSPS) is 13.9. The molecule has 0 aromatic heterocycles. The minimum Gasteiger partial charge on any atom is -0.467 e. The smallest absolute Gasteiger partial charge is 0.328 e. The van der Waals surface area contributed by atoms with E-state index < -0.39 is 23.8 Å². The van der Waals surface area contributed by atoms with Gasteiger partial charge in [-0.15, -0.1) is 0 Å². The number of fused-ring (bicyclic) bond motifs is 1. The Kier molecular flexibility index (Phi) is 6.30. The zero-order chi connectivity index (χ0) is 21.8. The number of rotatable bonds is 7. The number of nitrogens with one attached hydrogen (secondary N) is 1. The van der Waals surface area contributed by atoms with Gasteiger partial charge in [0.15, 0.2) is 0 Å². The molecule has 2 aromatic carbocycles.